The Labute approximate surface area is 172 Å². The largest absolute Gasteiger partial charge is 0.337 e. The third kappa shape index (κ3) is 5.88. The summed E-state index contributed by atoms with van der Waals surface area (Å²) in [5.41, 5.74) is 1.17. The first-order valence-electron chi connectivity index (χ1n) is 9.86. The molecule has 0 N–H and O–H groups in total. The maximum Gasteiger partial charge on any atom is 0.228 e. The average molecular weight is 424 g/mol. The first-order valence-corrected chi connectivity index (χ1v) is 11.5. The monoisotopic (exact) mass is 423 g/mol. The first kappa shape index (κ1) is 23.1. The van der Waals surface area contributed by atoms with Crippen molar-refractivity contribution in [2.75, 3.05) is 6.54 Å². The predicted molar refractivity (Wildman–Crippen MR) is 110 cm³/mol. The number of sulfone groups is 1. The minimum atomic E-state index is -3.74. The van der Waals surface area contributed by atoms with Gasteiger partial charge in [-0.15, -0.1) is 0 Å². The Morgan fingerprint density at radius 3 is 2.31 bits per heavy atom. The quantitative estimate of drug-likeness (QED) is 0.612. The van der Waals surface area contributed by atoms with Crippen molar-refractivity contribution in [3.05, 3.63) is 47.5 Å². The molecule has 0 aliphatic heterocycles. The van der Waals surface area contributed by atoms with E-state index in [-0.39, 0.29) is 28.8 Å². The van der Waals surface area contributed by atoms with E-state index in [9.17, 15) is 17.6 Å². The second-order valence-corrected chi connectivity index (χ2v) is 9.77. The SMILES string of the molecule is CCN(Cc1cnc(S(=O)(=O)Cc2ccc(F)cc2)n1C(C)C)C(=O)CC(C)C. The number of carbonyl (C=O) groups is 1. The number of aromatic nitrogens is 2. The van der Waals surface area contributed by atoms with Crippen molar-refractivity contribution < 1.29 is 17.6 Å². The van der Waals surface area contributed by atoms with E-state index in [4.69, 9.17) is 0 Å². The van der Waals surface area contributed by atoms with Gasteiger partial charge in [0.25, 0.3) is 0 Å². The second kappa shape index (κ2) is 9.52. The Balaban J connectivity index is 2.34. The maximum atomic E-state index is 13.1. The Kier molecular flexibility index (Phi) is 7.57. The molecule has 0 radical (unpaired) electrons. The molecule has 0 aliphatic rings. The second-order valence-electron chi connectivity index (χ2n) is 7.89. The third-order valence-electron chi connectivity index (χ3n) is 4.57. The van der Waals surface area contributed by atoms with Gasteiger partial charge in [-0.1, -0.05) is 26.0 Å². The molecular weight excluding hydrogens is 393 g/mol. The molecule has 0 bridgehead atoms. The van der Waals surface area contributed by atoms with E-state index in [0.29, 0.717) is 30.8 Å². The van der Waals surface area contributed by atoms with Crippen molar-refractivity contribution in [2.24, 2.45) is 5.92 Å². The molecule has 1 heterocycles. The molecule has 29 heavy (non-hydrogen) atoms. The van der Waals surface area contributed by atoms with E-state index in [1.165, 1.54) is 30.5 Å². The summed E-state index contributed by atoms with van der Waals surface area (Å²) in [5, 5.41) is -0.0285. The van der Waals surface area contributed by atoms with Crippen LogP contribution in [0.25, 0.3) is 0 Å². The molecule has 0 aliphatic carbocycles. The summed E-state index contributed by atoms with van der Waals surface area (Å²) in [6.45, 7) is 10.5. The summed E-state index contributed by atoms with van der Waals surface area (Å²) in [6, 6.07) is 5.25. The van der Waals surface area contributed by atoms with Crippen molar-refractivity contribution in [1.29, 1.82) is 0 Å². The van der Waals surface area contributed by atoms with E-state index in [0.717, 1.165) is 0 Å². The van der Waals surface area contributed by atoms with E-state index < -0.39 is 15.7 Å². The van der Waals surface area contributed by atoms with Crippen LogP contribution in [0.1, 0.15) is 58.3 Å². The molecule has 2 rings (SSSR count). The van der Waals surface area contributed by atoms with Gasteiger partial charge in [-0.3, -0.25) is 4.79 Å². The summed E-state index contributed by atoms with van der Waals surface area (Å²) in [6.07, 6.45) is 1.97. The predicted octanol–water partition coefficient (Wildman–Crippen LogP) is 3.97. The standard InChI is InChI=1S/C21H30FN3O3S/c1-6-24(20(26)11-15(2)3)13-19-12-23-21(25(19)16(4)5)29(27,28)14-17-7-9-18(22)10-8-17/h7-10,12,15-16H,6,11,13-14H2,1-5H3. The molecule has 1 aromatic heterocycles. The Bertz CT molecular complexity index is 935. The van der Waals surface area contributed by atoms with Gasteiger partial charge >= 0.3 is 0 Å². The van der Waals surface area contributed by atoms with Gasteiger partial charge in [0.05, 0.1) is 24.2 Å². The fourth-order valence-electron chi connectivity index (χ4n) is 3.19. The van der Waals surface area contributed by atoms with Crippen LogP contribution in [0.2, 0.25) is 0 Å². The van der Waals surface area contributed by atoms with Gasteiger partial charge in [0.15, 0.2) is 0 Å². The lowest BCUT2D eigenvalue weighted by Crippen LogP contribution is -2.32. The Hall–Kier alpha value is -2.22. The minimum Gasteiger partial charge on any atom is -0.337 e. The van der Waals surface area contributed by atoms with Gasteiger partial charge < -0.3 is 9.47 Å². The Morgan fingerprint density at radius 1 is 1.17 bits per heavy atom. The maximum absolute atomic E-state index is 13.1. The fourth-order valence-corrected chi connectivity index (χ4v) is 4.79. The molecule has 0 saturated heterocycles. The van der Waals surface area contributed by atoms with Crippen LogP contribution in [-0.2, 0) is 26.9 Å². The molecule has 160 valence electrons. The van der Waals surface area contributed by atoms with Crippen molar-refractivity contribution >= 4 is 15.7 Å². The molecule has 8 heteroatoms. The fraction of sp³-hybridized carbons (Fsp3) is 0.524. The molecule has 0 atom stereocenters. The molecule has 6 nitrogen and oxygen atoms in total. The third-order valence-corrected chi connectivity index (χ3v) is 6.15. The molecule has 1 amide bonds. The van der Waals surface area contributed by atoms with E-state index in [2.05, 4.69) is 4.98 Å². The number of nitrogens with zero attached hydrogens (tertiary/aromatic N) is 3. The summed E-state index contributed by atoms with van der Waals surface area (Å²) in [4.78, 5) is 18.4. The van der Waals surface area contributed by atoms with Gasteiger partial charge in [-0.25, -0.2) is 17.8 Å². The van der Waals surface area contributed by atoms with Gasteiger partial charge in [0, 0.05) is 19.0 Å². The van der Waals surface area contributed by atoms with Crippen LogP contribution in [0.5, 0.6) is 0 Å². The number of carbonyl (C=O) groups excluding carboxylic acids is 1. The van der Waals surface area contributed by atoms with Crippen molar-refractivity contribution in [3.8, 4) is 0 Å². The van der Waals surface area contributed by atoms with Crippen LogP contribution < -0.4 is 0 Å². The lowest BCUT2D eigenvalue weighted by molar-refractivity contribution is -0.132. The zero-order chi connectivity index (χ0) is 21.8. The van der Waals surface area contributed by atoms with Crippen LogP contribution in [0.4, 0.5) is 4.39 Å². The van der Waals surface area contributed by atoms with Gasteiger partial charge in [0.2, 0.25) is 20.9 Å². The summed E-state index contributed by atoms with van der Waals surface area (Å²) < 4.78 is 40.8. The zero-order valence-corrected chi connectivity index (χ0v) is 18.5. The lowest BCUT2D eigenvalue weighted by Gasteiger charge is -2.24. The smallest absolute Gasteiger partial charge is 0.228 e. The highest BCUT2D eigenvalue weighted by Crippen LogP contribution is 2.23. The number of rotatable bonds is 9. The van der Waals surface area contributed by atoms with Crippen LogP contribution >= 0.6 is 0 Å². The molecule has 2 aromatic rings. The van der Waals surface area contributed by atoms with Crippen molar-refractivity contribution in [3.63, 3.8) is 0 Å². The molecule has 0 fully saturated rings. The van der Waals surface area contributed by atoms with Gasteiger partial charge in [-0.05, 0) is 44.4 Å². The number of imidazole rings is 1. The Morgan fingerprint density at radius 2 is 1.79 bits per heavy atom. The van der Waals surface area contributed by atoms with E-state index >= 15 is 0 Å². The normalized spacial score (nSPS) is 12.0. The first-order chi connectivity index (χ1) is 13.5. The van der Waals surface area contributed by atoms with Crippen LogP contribution in [0.15, 0.2) is 35.6 Å². The van der Waals surface area contributed by atoms with Crippen LogP contribution in [0.3, 0.4) is 0 Å². The number of benzene rings is 1. The zero-order valence-electron chi connectivity index (χ0n) is 17.7. The van der Waals surface area contributed by atoms with Gasteiger partial charge in [-0.2, -0.15) is 0 Å². The molecule has 0 unspecified atom stereocenters. The minimum absolute atomic E-state index is 0.0285. The molecule has 0 saturated carbocycles. The summed E-state index contributed by atoms with van der Waals surface area (Å²) >= 11 is 0. The lowest BCUT2D eigenvalue weighted by atomic mass is 10.1. The van der Waals surface area contributed by atoms with Gasteiger partial charge in [0.1, 0.15) is 5.82 Å². The molecule has 0 spiro atoms. The number of amides is 1. The number of halogens is 1. The number of hydrogen-bond donors (Lipinski definition) is 0. The van der Waals surface area contributed by atoms with Crippen molar-refractivity contribution in [2.45, 2.75) is 64.5 Å². The highest BCUT2D eigenvalue weighted by Gasteiger charge is 2.26. The average Bonchev–Trinajstić information content (AvgIpc) is 3.05. The summed E-state index contributed by atoms with van der Waals surface area (Å²) in [5.74, 6) is -0.393. The van der Waals surface area contributed by atoms with E-state index in [1.807, 2.05) is 34.6 Å². The van der Waals surface area contributed by atoms with Crippen LogP contribution in [0, 0.1) is 11.7 Å². The molecule has 1 aromatic carbocycles. The van der Waals surface area contributed by atoms with E-state index in [1.54, 1.807) is 9.47 Å². The highest BCUT2D eigenvalue weighted by molar-refractivity contribution is 7.90. The summed E-state index contributed by atoms with van der Waals surface area (Å²) in [7, 11) is -3.74. The van der Waals surface area contributed by atoms with Crippen LogP contribution in [-0.4, -0.2) is 35.3 Å². The molecular formula is C21H30FN3O3S. The highest BCUT2D eigenvalue weighted by atomic mass is 32.2. The van der Waals surface area contributed by atoms with Crippen molar-refractivity contribution in [1.82, 2.24) is 14.5 Å². The number of hydrogen-bond acceptors (Lipinski definition) is 4. The topological polar surface area (TPSA) is 72.3 Å².